The molecule has 0 aliphatic heterocycles. The second kappa shape index (κ2) is 5.69. The Morgan fingerprint density at radius 2 is 1.83 bits per heavy atom. The number of halogens is 2. The first-order chi connectivity index (χ1) is 11.3. The van der Waals surface area contributed by atoms with Gasteiger partial charge in [0, 0.05) is 0 Å². The summed E-state index contributed by atoms with van der Waals surface area (Å²) in [7, 11) is 13.9. The van der Waals surface area contributed by atoms with Gasteiger partial charge in [-0.05, 0) is 0 Å². The molecule has 0 heterocycles. The zero-order chi connectivity index (χ0) is 17.3. The van der Waals surface area contributed by atoms with E-state index in [0.717, 1.165) is 6.42 Å². The molecule has 0 radical (unpaired) electrons. The summed E-state index contributed by atoms with van der Waals surface area (Å²) in [5.41, 5.74) is 10.4. The van der Waals surface area contributed by atoms with Gasteiger partial charge in [-0.25, -0.2) is 0 Å². The molecule has 0 aromatic rings. The molecule has 0 bridgehead atoms. The van der Waals surface area contributed by atoms with Gasteiger partial charge >= 0.3 is 161 Å². The van der Waals surface area contributed by atoms with Gasteiger partial charge in [0.25, 0.3) is 0 Å². The second-order valence-electron chi connectivity index (χ2n) is 7.84. The molecule has 0 saturated carbocycles. The van der Waals surface area contributed by atoms with Crippen molar-refractivity contribution < 1.29 is 19.1 Å². The Morgan fingerprint density at radius 1 is 1.08 bits per heavy atom. The fourth-order valence-electron chi connectivity index (χ4n) is 5.21. The van der Waals surface area contributed by atoms with E-state index in [1.807, 2.05) is 0 Å². The first-order valence-electron chi connectivity index (χ1n) is 8.71. The van der Waals surface area contributed by atoms with E-state index in [-0.39, 0.29) is 8.59 Å². The van der Waals surface area contributed by atoms with Crippen molar-refractivity contribution in [2.75, 3.05) is 0 Å². The van der Waals surface area contributed by atoms with Crippen molar-refractivity contribution in [2.45, 2.75) is 50.1 Å². The van der Waals surface area contributed by atoms with Crippen LogP contribution >= 0.6 is 17.2 Å². The van der Waals surface area contributed by atoms with Gasteiger partial charge in [-0.1, -0.05) is 0 Å². The fourth-order valence-corrected chi connectivity index (χ4v) is 15.9. The van der Waals surface area contributed by atoms with Crippen LogP contribution in [-0.4, -0.2) is 0 Å². The van der Waals surface area contributed by atoms with Crippen molar-refractivity contribution in [3.8, 4) is 0 Å². The van der Waals surface area contributed by atoms with E-state index in [9.17, 15) is 0 Å². The van der Waals surface area contributed by atoms with Crippen molar-refractivity contribution in [3.63, 3.8) is 0 Å². The minimum atomic E-state index is -2.88. The zero-order valence-corrected chi connectivity index (χ0v) is 19.9. The van der Waals surface area contributed by atoms with Crippen LogP contribution in [0.2, 0.25) is 3.17 Å². The third-order valence-electron chi connectivity index (χ3n) is 6.57. The quantitative estimate of drug-likeness (QED) is 0.333. The van der Waals surface area contributed by atoms with Gasteiger partial charge in [-0.15, -0.1) is 0 Å². The summed E-state index contributed by atoms with van der Waals surface area (Å²) in [6.07, 6.45) is 14.8. The van der Waals surface area contributed by atoms with Gasteiger partial charge in [0.15, 0.2) is 0 Å². The molecule has 125 valence electrons. The Labute approximate surface area is 160 Å². The topological polar surface area (TPSA) is 0 Å². The molecular formula is C21H23Cl2Hf. The Balaban J connectivity index is 2.02. The molecular weight excluding hydrogens is 502 g/mol. The van der Waals surface area contributed by atoms with E-state index in [1.54, 1.807) is 5.57 Å². The first kappa shape index (κ1) is 17.3. The fraction of sp³-hybridized carbons (Fsp3) is 0.429. The van der Waals surface area contributed by atoms with Crippen LogP contribution in [0.15, 0.2) is 69.4 Å². The van der Waals surface area contributed by atoms with Crippen LogP contribution in [0.1, 0.15) is 47.0 Å². The summed E-state index contributed by atoms with van der Waals surface area (Å²) in [6, 6.07) is 0. The van der Waals surface area contributed by atoms with E-state index >= 15 is 0 Å². The van der Waals surface area contributed by atoms with Crippen LogP contribution in [0.3, 0.4) is 0 Å². The Bertz CT molecular complexity index is 815. The molecule has 4 aliphatic carbocycles. The average Bonchev–Trinajstić information content (AvgIpc) is 3.03. The summed E-state index contributed by atoms with van der Waals surface area (Å²) in [5.74, 6) is 0. The molecule has 0 spiro atoms. The molecule has 4 aliphatic rings. The van der Waals surface area contributed by atoms with Crippen LogP contribution in [-0.2, 0) is 19.1 Å². The normalized spacial score (nSPS) is 30.3. The van der Waals surface area contributed by atoms with Crippen molar-refractivity contribution in [1.29, 1.82) is 0 Å². The molecule has 0 N–H and O–H groups in total. The summed E-state index contributed by atoms with van der Waals surface area (Å²) in [5, 5.41) is 0. The molecule has 0 fully saturated rings. The molecule has 0 aromatic heterocycles. The van der Waals surface area contributed by atoms with Crippen LogP contribution < -0.4 is 0 Å². The van der Waals surface area contributed by atoms with Crippen molar-refractivity contribution >= 4 is 17.2 Å². The van der Waals surface area contributed by atoms with Crippen molar-refractivity contribution in [1.82, 2.24) is 0 Å². The third-order valence-corrected chi connectivity index (χ3v) is 16.7. The summed E-state index contributed by atoms with van der Waals surface area (Å²) in [4.78, 5) is 0. The Hall–Kier alpha value is -0.110. The van der Waals surface area contributed by atoms with Crippen LogP contribution in [0.5, 0.6) is 0 Å². The zero-order valence-electron chi connectivity index (χ0n) is 14.8. The van der Waals surface area contributed by atoms with Crippen LogP contribution in [0, 0.1) is 5.41 Å². The Kier molecular flexibility index (Phi) is 4.11. The van der Waals surface area contributed by atoms with Gasteiger partial charge in [0.2, 0.25) is 0 Å². The first-order valence-corrected chi connectivity index (χ1v) is 19.4. The van der Waals surface area contributed by atoms with Gasteiger partial charge in [-0.3, -0.25) is 0 Å². The second-order valence-corrected chi connectivity index (χ2v) is 20.2. The predicted molar refractivity (Wildman–Crippen MR) is 101 cm³/mol. The van der Waals surface area contributed by atoms with Gasteiger partial charge in [0.1, 0.15) is 0 Å². The molecule has 4 rings (SSSR count). The molecule has 1 atom stereocenters. The minimum absolute atomic E-state index is 0.0844. The summed E-state index contributed by atoms with van der Waals surface area (Å²) < 4.78 is -0.171. The molecule has 0 aromatic carbocycles. The SMILES string of the molecule is CC1=C(C)[C](C2=CC=CC2)([Hf]([Cl])[Cl])C2=C1C(C)(C)C1=C(C=C2)CC1. The van der Waals surface area contributed by atoms with Crippen LogP contribution in [0.25, 0.3) is 0 Å². The van der Waals surface area contributed by atoms with Gasteiger partial charge in [-0.2, -0.15) is 0 Å². The van der Waals surface area contributed by atoms with Gasteiger partial charge < -0.3 is 0 Å². The van der Waals surface area contributed by atoms with E-state index in [2.05, 4.69) is 58.1 Å². The van der Waals surface area contributed by atoms with Crippen LogP contribution in [0.4, 0.5) is 0 Å². The van der Waals surface area contributed by atoms with E-state index < -0.39 is 19.1 Å². The molecule has 24 heavy (non-hydrogen) atoms. The standard InChI is InChI=1S/C21H23.2ClH.Hf/c1-13-14(2)20-17(19(13)16-7-5-6-8-16)11-9-15-10-12-18(15)21(20,3)4;;;/h5-7,9,11H,8,10,12H2,1-4H3;2*1H;/q;;;+2/p-2. The monoisotopic (exact) mass is 525 g/mol. The molecule has 1 unspecified atom stereocenters. The van der Waals surface area contributed by atoms with E-state index in [1.165, 1.54) is 46.3 Å². The molecule has 0 saturated heterocycles. The summed E-state index contributed by atoms with van der Waals surface area (Å²) in [6.45, 7) is 9.35. The third kappa shape index (κ3) is 2.01. The Morgan fingerprint density at radius 3 is 2.38 bits per heavy atom. The maximum atomic E-state index is 6.93. The molecule has 0 amide bonds. The molecule has 3 heteroatoms. The van der Waals surface area contributed by atoms with Crippen molar-refractivity contribution in [2.24, 2.45) is 5.41 Å². The van der Waals surface area contributed by atoms with Crippen molar-refractivity contribution in [3.05, 3.63) is 69.4 Å². The number of hydrogen-bond acceptors (Lipinski definition) is 0. The number of allylic oxidation sites excluding steroid dienone is 12. The van der Waals surface area contributed by atoms with Gasteiger partial charge in [0.05, 0.1) is 0 Å². The van der Waals surface area contributed by atoms with E-state index in [4.69, 9.17) is 17.2 Å². The summed E-state index contributed by atoms with van der Waals surface area (Å²) >= 11 is -2.88. The average molecular weight is 525 g/mol. The predicted octanol–water partition coefficient (Wildman–Crippen LogP) is 7.29. The molecule has 0 nitrogen and oxygen atoms in total. The van der Waals surface area contributed by atoms with E-state index in [0.29, 0.717) is 0 Å². The number of hydrogen-bond donors (Lipinski definition) is 0. The maximum absolute atomic E-state index is 6.93. The number of rotatable bonds is 2.